The summed E-state index contributed by atoms with van der Waals surface area (Å²) < 4.78 is 0. The van der Waals surface area contributed by atoms with Crippen LogP contribution < -0.4 is 5.32 Å². The Morgan fingerprint density at radius 3 is 2.77 bits per heavy atom. The number of hydrogen-bond acceptors (Lipinski definition) is 2. The molecule has 0 aliphatic rings. The lowest BCUT2D eigenvalue weighted by molar-refractivity contribution is -0.122. The monoisotopic (exact) mass is 369 g/mol. The lowest BCUT2D eigenvalue weighted by Crippen LogP contribution is -2.33. The van der Waals surface area contributed by atoms with E-state index in [1.807, 2.05) is 48.5 Å². The number of H-pyrrole nitrogens is 1. The highest BCUT2D eigenvalue weighted by Gasteiger charge is 2.23. The van der Waals surface area contributed by atoms with Gasteiger partial charge in [-0.05, 0) is 42.2 Å². The number of benzene rings is 2. The number of aryl methyl sites for hydroxylation is 1. The fourth-order valence-corrected chi connectivity index (χ4v) is 3.24. The Hall–Kier alpha value is -2.33. The van der Waals surface area contributed by atoms with Gasteiger partial charge in [-0.1, -0.05) is 56.1 Å². The van der Waals surface area contributed by atoms with Crippen LogP contribution >= 0.6 is 11.6 Å². The predicted molar refractivity (Wildman–Crippen MR) is 106 cm³/mol. The number of nitrogens with one attached hydrogen (secondary N) is 2. The fourth-order valence-electron chi connectivity index (χ4n) is 3.03. The van der Waals surface area contributed by atoms with E-state index in [2.05, 4.69) is 29.1 Å². The lowest BCUT2D eigenvalue weighted by atomic mass is 9.98. The first-order chi connectivity index (χ1) is 12.6. The summed E-state index contributed by atoms with van der Waals surface area (Å²) in [6.45, 7) is 4.26. The molecule has 2 aromatic carbocycles. The molecule has 1 aromatic heterocycles. The standard InChI is InChI=1S/C21H24ClN3O/c1-3-14(2)20(21-23-17-9-4-5-10-18(17)24-21)25-19(26)12-11-15-7-6-8-16(22)13-15/h4-10,13-14,20H,3,11-12H2,1-2H3,(H,23,24)(H,25,26). The summed E-state index contributed by atoms with van der Waals surface area (Å²) >= 11 is 6.01. The normalized spacial score (nSPS) is 13.5. The molecule has 2 atom stereocenters. The van der Waals surface area contributed by atoms with Crippen molar-refractivity contribution in [2.24, 2.45) is 5.92 Å². The summed E-state index contributed by atoms with van der Waals surface area (Å²) in [7, 11) is 0. The maximum Gasteiger partial charge on any atom is 0.220 e. The largest absolute Gasteiger partial charge is 0.346 e. The van der Waals surface area contributed by atoms with E-state index in [4.69, 9.17) is 11.6 Å². The Morgan fingerprint density at radius 1 is 1.23 bits per heavy atom. The number of para-hydroxylation sites is 2. The summed E-state index contributed by atoms with van der Waals surface area (Å²) in [6, 6.07) is 15.4. The average molecular weight is 370 g/mol. The average Bonchev–Trinajstić information content (AvgIpc) is 3.07. The molecule has 0 saturated carbocycles. The summed E-state index contributed by atoms with van der Waals surface area (Å²) in [5.41, 5.74) is 2.98. The Bertz CT molecular complexity index is 857. The van der Waals surface area contributed by atoms with Gasteiger partial charge in [0.05, 0.1) is 17.1 Å². The van der Waals surface area contributed by atoms with Crippen LogP contribution in [0.3, 0.4) is 0 Å². The van der Waals surface area contributed by atoms with Crippen LogP contribution in [0.15, 0.2) is 48.5 Å². The maximum atomic E-state index is 12.5. The quantitative estimate of drug-likeness (QED) is 0.612. The molecule has 0 aliphatic heterocycles. The molecule has 0 saturated heterocycles. The van der Waals surface area contributed by atoms with E-state index in [0.29, 0.717) is 17.9 Å². The van der Waals surface area contributed by atoms with Crippen LogP contribution in [0.4, 0.5) is 0 Å². The van der Waals surface area contributed by atoms with Crippen molar-refractivity contribution in [1.82, 2.24) is 15.3 Å². The number of imidazole rings is 1. The third-order valence-corrected chi connectivity index (χ3v) is 5.00. The fraction of sp³-hybridized carbons (Fsp3) is 0.333. The van der Waals surface area contributed by atoms with Gasteiger partial charge in [-0.15, -0.1) is 0 Å². The third-order valence-electron chi connectivity index (χ3n) is 4.76. The van der Waals surface area contributed by atoms with E-state index in [-0.39, 0.29) is 17.9 Å². The van der Waals surface area contributed by atoms with Crippen molar-refractivity contribution in [3.05, 3.63) is 64.9 Å². The Labute approximate surface area is 159 Å². The second kappa shape index (κ2) is 8.37. The highest BCUT2D eigenvalue weighted by molar-refractivity contribution is 6.30. The van der Waals surface area contributed by atoms with Gasteiger partial charge in [-0.2, -0.15) is 0 Å². The van der Waals surface area contributed by atoms with E-state index < -0.39 is 0 Å². The molecule has 0 aliphatic carbocycles. The zero-order valence-corrected chi connectivity index (χ0v) is 15.9. The number of carbonyl (C=O) groups is 1. The molecule has 136 valence electrons. The second-order valence-electron chi connectivity index (χ2n) is 6.70. The minimum Gasteiger partial charge on any atom is -0.346 e. The molecule has 4 nitrogen and oxygen atoms in total. The number of amides is 1. The van der Waals surface area contributed by atoms with E-state index in [1.165, 1.54) is 0 Å². The molecule has 0 radical (unpaired) electrons. The minimum atomic E-state index is -0.126. The number of aromatic amines is 1. The van der Waals surface area contributed by atoms with Gasteiger partial charge in [0.2, 0.25) is 5.91 Å². The molecule has 0 bridgehead atoms. The van der Waals surface area contributed by atoms with Crippen LogP contribution in [0.5, 0.6) is 0 Å². The van der Waals surface area contributed by atoms with Gasteiger partial charge >= 0.3 is 0 Å². The Morgan fingerprint density at radius 2 is 2.04 bits per heavy atom. The van der Waals surface area contributed by atoms with Gasteiger partial charge in [0.1, 0.15) is 5.82 Å². The molecule has 3 aromatic rings. The summed E-state index contributed by atoms with van der Waals surface area (Å²) in [4.78, 5) is 20.6. The number of aromatic nitrogens is 2. The molecule has 3 rings (SSSR count). The molecule has 1 amide bonds. The van der Waals surface area contributed by atoms with Crippen molar-refractivity contribution in [3.8, 4) is 0 Å². The summed E-state index contributed by atoms with van der Waals surface area (Å²) in [5, 5.41) is 3.86. The van der Waals surface area contributed by atoms with Crippen molar-refractivity contribution in [1.29, 1.82) is 0 Å². The van der Waals surface area contributed by atoms with Gasteiger partial charge in [-0.25, -0.2) is 4.98 Å². The predicted octanol–water partition coefficient (Wildman–Crippen LogP) is 5.05. The summed E-state index contributed by atoms with van der Waals surface area (Å²) in [6.07, 6.45) is 2.05. The van der Waals surface area contributed by atoms with Crippen molar-refractivity contribution in [2.45, 2.75) is 39.2 Å². The first-order valence-electron chi connectivity index (χ1n) is 9.05. The Kier molecular flexibility index (Phi) is 5.94. The van der Waals surface area contributed by atoms with Crippen molar-refractivity contribution < 1.29 is 4.79 Å². The molecule has 5 heteroatoms. The van der Waals surface area contributed by atoms with Crippen LogP contribution in [0.2, 0.25) is 5.02 Å². The highest BCUT2D eigenvalue weighted by atomic mass is 35.5. The number of carbonyl (C=O) groups excluding carboxylic acids is 1. The molecule has 2 N–H and O–H groups in total. The number of fused-ring (bicyclic) bond motifs is 1. The van der Waals surface area contributed by atoms with E-state index in [1.54, 1.807) is 0 Å². The van der Waals surface area contributed by atoms with Crippen LogP contribution in [-0.4, -0.2) is 15.9 Å². The van der Waals surface area contributed by atoms with Gasteiger partial charge in [0, 0.05) is 11.4 Å². The maximum absolute atomic E-state index is 12.5. The van der Waals surface area contributed by atoms with E-state index in [9.17, 15) is 4.79 Å². The molecule has 26 heavy (non-hydrogen) atoms. The zero-order valence-electron chi connectivity index (χ0n) is 15.1. The zero-order chi connectivity index (χ0) is 18.5. The number of hydrogen-bond donors (Lipinski definition) is 2. The Balaban J connectivity index is 1.70. The minimum absolute atomic E-state index is 0.0238. The van der Waals surface area contributed by atoms with Gasteiger partial charge in [-0.3, -0.25) is 4.79 Å². The number of halogens is 1. The topological polar surface area (TPSA) is 57.8 Å². The lowest BCUT2D eigenvalue weighted by Gasteiger charge is -2.22. The van der Waals surface area contributed by atoms with Crippen molar-refractivity contribution in [2.75, 3.05) is 0 Å². The SMILES string of the molecule is CCC(C)C(NC(=O)CCc1cccc(Cl)c1)c1nc2ccccc2[nH]1. The summed E-state index contributed by atoms with van der Waals surface area (Å²) in [5.74, 6) is 1.12. The highest BCUT2D eigenvalue weighted by Crippen LogP contribution is 2.25. The first-order valence-corrected chi connectivity index (χ1v) is 9.43. The van der Waals surface area contributed by atoms with Crippen LogP contribution in [0.25, 0.3) is 11.0 Å². The van der Waals surface area contributed by atoms with Crippen LogP contribution in [0.1, 0.15) is 44.1 Å². The van der Waals surface area contributed by atoms with Crippen molar-refractivity contribution in [3.63, 3.8) is 0 Å². The molecular weight excluding hydrogens is 346 g/mol. The smallest absolute Gasteiger partial charge is 0.220 e. The van der Waals surface area contributed by atoms with Gasteiger partial charge in [0.25, 0.3) is 0 Å². The van der Waals surface area contributed by atoms with Crippen LogP contribution in [0, 0.1) is 5.92 Å². The van der Waals surface area contributed by atoms with E-state index in [0.717, 1.165) is 28.8 Å². The first kappa shape index (κ1) is 18.5. The number of nitrogens with zero attached hydrogens (tertiary/aromatic N) is 1. The molecule has 0 fully saturated rings. The second-order valence-corrected chi connectivity index (χ2v) is 7.14. The number of rotatable bonds is 7. The van der Waals surface area contributed by atoms with Crippen LogP contribution in [-0.2, 0) is 11.2 Å². The van der Waals surface area contributed by atoms with Gasteiger partial charge < -0.3 is 10.3 Å². The van der Waals surface area contributed by atoms with Gasteiger partial charge in [0.15, 0.2) is 0 Å². The molecule has 1 heterocycles. The third kappa shape index (κ3) is 4.44. The van der Waals surface area contributed by atoms with E-state index >= 15 is 0 Å². The molecule has 2 unspecified atom stereocenters. The molecule has 0 spiro atoms. The molecular formula is C21H24ClN3O. The van der Waals surface area contributed by atoms with Crippen molar-refractivity contribution >= 4 is 28.5 Å².